The van der Waals surface area contributed by atoms with E-state index in [1.165, 1.54) is 0 Å². The number of carboxylic acid groups (broad SMARTS) is 1. The molecule has 0 amide bonds. The van der Waals surface area contributed by atoms with Crippen LogP contribution in [-0.2, 0) is 4.79 Å². The Kier molecular flexibility index (Phi) is 3.03. The second-order valence-electron chi connectivity index (χ2n) is 4.35. The summed E-state index contributed by atoms with van der Waals surface area (Å²) < 4.78 is 0. The van der Waals surface area contributed by atoms with Crippen molar-refractivity contribution >= 4 is 5.97 Å². The Morgan fingerprint density at radius 1 is 1.14 bits per heavy atom. The first kappa shape index (κ1) is 9.93. The predicted octanol–water partition coefficient (Wildman–Crippen LogP) is -0.0938. The van der Waals surface area contributed by atoms with Gasteiger partial charge in [-0.1, -0.05) is 0 Å². The summed E-state index contributed by atoms with van der Waals surface area (Å²) in [5, 5.41) is 15.6. The van der Waals surface area contributed by atoms with Crippen LogP contribution in [-0.4, -0.2) is 37.3 Å². The van der Waals surface area contributed by atoms with Gasteiger partial charge in [-0.15, -0.1) is 0 Å². The monoisotopic (exact) mass is 198 g/mol. The lowest BCUT2D eigenvalue weighted by atomic mass is 9.79. The van der Waals surface area contributed by atoms with Gasteiger partial charge in [0.1, 0.15) is 0 Å². The van der Waals surface area contributed by atoms with Crippen LogP contribution in [0.4, 0.5) is 0 Å². The molecular weight excluding hydrogens is 180 g/mol. The van der Waals surface area contributed by atoms with E-state index >= 15 is 0 Å². The summed E-state index contributed by atoms with van der Waals surface area (Å²) in [5.41, 5.74) is 0. The third kappa shape index (κ3) is 1.91. The molecule has 0 bridgehead atoms. The second-order valence-corrected chi connectivity index (χ2v) is 4.35. The molecule has 2 unspecified atom stereocenters. The maximum absolute atomic E-state index is 11.0. The first-order chi connectivity index (χ1) is 6.79. The number of hydrogen-bond acceptors (Lipinski definition) is 3. The van der Waals surface area contributed by atoms with Gasteiger partial charge in [-0.25, -0.2) is 0 Å². The van der Waals surface area contributed by atoms with Gasteiger partial charge < -0.3 is 15.7 Å². The van der Waals surface area contributed by atoms with Crippen LogP contribution in [0.25, 0.3) is 0 Å². The first-order valence-corrected chi connectivity index (χ1v) is 5.43. The summed E-state index contributed by atoms with van der Waals surface area (Å²) in [4.78, 5) is 11.0. The van der Waals surface area contributed by atoms with Crippen LogP contribution >= 0.6 is 0 Å². The molecule has 0 saturated carbocycles. The van der Waals surface area contributed by atoms with E-state index in [4.69, 9.17) is 5.11 Å². The standard InChI is InChI=1S/C10H18N2O2/c13-10(14)9-6-12-5-8(9)7-1-3-11-4-2-7/h7-9,11-12H,1-6H2,(H,13,14). The molecule has 2 saturated heterocycles. The van der Waals surface area contributed by atoms with Crippen LogP contribution in [0.1, 0.15) is 12.8 Å². The predicted molar refractivity (Wildman–Crippen MR) is 53.1 cm³/mol. The molecule has 2 aliphatic rings. The van der Waals surface area contributed by atoms with E-state index in [0.29, 0.717) is 18.4 Å². The summed E-state index contributed by atoms with van der Waals surface area (Å²) in [6.07, 6.45) is 2.27. The molecule has 0 aliphatic carbocycles. The van der Waals surface area contributed by atoms with Crippen molar-refractivity contribution in [1.82, 2.24) is 10.6 Å². The molecular formula is C10H18N2O2. The minimum atomic E-state index is -0.626. The largest absolute Gasteiger partial charge is 0.481 e. The summed E-state index contributed by atoms with van der Waals surface area (Å²) in [5.74, 6) is 0.179. The Morgan fingerprint density at radius 3 is 2.50 bits per heavy atom. The fraction of sp³-hybridized carbons (Fsp3) is 0.900. The topological polar surface area (TPSA) is 61.4 Å². The van der Waals surface area contributed by atoms with E-state index in [9.17, 15) is 4.79 Å². The highest BCUT2D eigenvalue weighted by Crippen LogP contribution is 2.30. The van der Waals surface area contributed by atoms with Crippen molar-refractivity contribution in [3.8, 4) is 0 Å². The van der Waals surface area contributed by atoms with Crippen molar-refractivity contribution in [1.29, 1.82) is 0 Å². The lowest BCUT2D eigenvalue weighted by Gasteiger charge is -2.29. The number of carboxylic acids is 1. The molecule has 0 aromatic heterocycles. The molecule has 3 N–H and O–H groups in total. The lowest BCUT2D eigenvalue weighted by Crippen LogP contribution is -2.36. The summed E-state index contributed by atoms with van der Waals surface area (Å²) >= 11 is 0. The highest BCUT2D eigenvalue weighted by atomic mass is 16.4. The van der Waals surface area contributed by atoms with Gasteiger partial charge in [0.15, 0.2) is 0 Å². The molecule has 4 heteroatoms. The molecule has 2 heterocycles. The van der Waals surface area contributed by atoms with E-state index in [1.54, 1.807) is 0 Å². The number of rotatable bonds is 2. The molecule has 2 fully saturated rings. The molecule has 0 aromatic rings. The van der Waals surface area contributed by atoms with Gasteiger partial charge in [-0.3, -0.25) is 4.79 Å². The van der Waals surface area contributed by atoms with Crippen molar-refractivity contribution in [2.75, 3.05) is 26.2 Å². The fourth-order valence-electron chi connectivity index (χ4n) is 2.74. The van der Waals surface area contributed by atoms with Crippen molar-refractivity contribution in [3.05, 3.63) is 0 Å². The van der Waals surface area contributed by atoms with Gasteiger partial charge in [0.25, 0.3) is 0 Å². The minimum Gasteiger partial charge on any atom is -0.481 e. The number of aliphatic carboxylic acids is 1. The molecule has 2 rings (SSSR count). The molecule has 4 nitrogen and oxygen atoms in total. The maximum Gasteiger partial charge on any atom is 0.308 e. The molecule has 14 heavy (non-hydrogen) atoms. The van der Waals surface area contributed by atoms with Crippen LogP contribution in [0.15, 0.2) is 0 Å². The second kappa shape index (κ2) is 4.28. The van der Waals surface area contributed by atoms with Crippen LogP contribution in [0.3, 0.4) is 0 Å². The van der Waals surface area contributed by atoms with Gasteiger partial charge in [0, 0.05) is 6.54 Å². The molecule has 0 aromatic carbocycles. The van der Waals surface area contributed by atoms with Crippen LogP contribution in [0.2, 0.25) is 0 Å². The maximum atomic E-state index is 11.0. The zero-order chi connectivity index (χ0) is 9.97. The van der Waals surface area contributed by atoms with Gasteiger partial charge in [0.2, 0.25) is 0 Å². The summed E-state index contributed by atoms with van der Waals surface area (Å²) in [6, 6.07) is 0. The van der Waals surface area contributed by atoms with E-state index in [0.717, 1.165) is 32.5 Å². The SMILES string of the molecule is O=C(O)C1CNCC1C1CCNCC1. The van der Waals surface area contributed by atoms with Crippen molar-refractivity contribution in [2.24, 2.45) is 17.8 Å². The van der Waals surface area contributed by atoms with Gasteiger partial charge in [-0.2, -0.15) is 0 Å². The number of piperidine rings is 1. The summed E-state index contributed by atoms with van der Waals surface area (Å²) in [6.45, 7) is 3.65. The fourth-order valence-corrected chi connectivity index (χ4v) is 2.74. The third-order valence-corrected chi connectivity index (χ3v) is 3.57. The van der Waals surface area contributed by atoms with Crippen molar-refractivity contribution in [2.45, 2.75) is 12.8 Å². The summed E-state index contributed by atoms with van der Waals surface area (Å²) in [7, 11) is 0. The normalized spacial score (nSPS) is 34.6. The van der Waals surface area contributed by atoms with Gasteiger partial charge in [-0.05, 0) is 44.3 Å². The van der Waals surface area contributed by atoms with E-state index in [-0.39, 0.29) is 5.92 Å². The average molecular weight is 198 g/mol. The van der Waals surface area contributed by atoms with Crippen LogP contribution in [0.5, 0.6) is 0 Å². The van der Waals surface area contributed by atoms with Crippen LogP contribution in [0, 0.1) is 17.8 Å². The highest BCUT2D eigenvalue weighted by molar-refractivity contribution is 5.71. The molecule has 80 valence electrons. The van der Waals surface area contributed by atoms with Gasteiger partial charge >= 0.3 is 5.97 Å². The van der Waals surface area contributed by atoms with Crippen molar-refractivity contribution in [3.63, 3.8) is 0 Å². The van der Waals surface area contributed by atoms with Crippen molar-refractivity contribution < 1.29 is 9.90 Å². The Balaban J connectivity index is 1.97. The number of hydrogen-bond donors (Lipinski definition) is 3. The molecule has 2 atom stereocenters. The first-order valence-electron chi connectivity index (χ1n) is 5.43. The van der Waals surface area contributed by atoms with E-state index in [2.05, 4.69) is 10.6 Å². The number of carbonyl (C=O) groups is 1. The zero-order valence-electron chi connectivity index (χ0n) is 8.33. The van der Waals surface area contributed by atoms with Gasteiger partial charge in [0.05, 0.1) is 5.92 Å². The highest BCUT2D eigenvalue weighted by Gasteiger charge is 2.38. The Bertz CT molecular complexity index is 214. The number of nitrogens with one attached hydrogen (secondary N) is 2. The Labute approximate surface area is 84.1 Å². The van der Waals surface area contributed by atoms with E-state index < -0.39 is 5.97 Å². The molecule has 2 aliphatic heterocycles. The third-order valence-electron chi connectivity index (χ3n) is 3.57. The smallest absolute Gasteiger partial charge is 0.308 e. The minimum absolute atomic E-state index is 0.155. The zero-order valence-corrected chi connectivity index (χ0v) is 8.33. The Hall–Kier alpha value is -0.610. The Morgan fingerprint density at radius 2 is 1.86 bits per heavy atom. The van der Waals surface area contributed by atoms with Crippen LogP contribution < -0.4 is 10.6 Å². The lowest BCUT2D eigenvalue weighted by molar-refractivity contribution is -0.143. The molecule has 0 spiro atoms. The average Bonchev–Trinajstić information content (AvgIpc) is 2.67. The van der Waals surface area contributed by atoms with E-state index in [1.807, 2.05) is 0 Å². The quantitative estimate of drug-likeness (QED) is 0.580. The molecule has 0 radical (unpaired) electrons.